The van der Waals surface area contributed by atoms with Crippen LogP contribution in [0.25, 0.3) is 0 Å². The standard InChI is InChI=1S/C12H15NO5/c1-9(12(15)16)13-18-8-10(14)7-17-11-5-3-2-4-6-11/h2-6,10,13-14H,1,7-8H2,(H,15,16). The molecule has 1 rings (SSSR count). The van der Waals surface area contributed by atoms with Gasteiger partial charge in [-0.2, -0.15) is 0 Å². The molecule has 6 heteroatoms. The van der Waals surface area contributed by atoms with Crippen LogP contribution in [0.15, 0.2) is 42.6 Å². The molecule has 3 N–H and O–H groups in total. The maximum absolute atomic E-state index is 10.4. The Hall–Kier alpha value is -2.05. The molecule has 18 heavy (non-hydrogen) atoms. The predicted octanol–water partition coefficient (Wildman–Crippen LogP) is 0.546. The second kappa shape index (κ2) is 7.31. The summed E-state index contributed by atoms with van der Waals surface area (Å²) in [6, 6.07) is 9.01. The number of ether oxygens (including phenoxy) is 1. The van der Waals surface area contributed by atoms with E-state index in [-0.39, 0.29) is 18.9 Å². The van der Waals surface area contributed by atoms with E-state index >= 15 is 0 Å². The number of carboxylic acids is 1. The van der Waals surface area contributed by atoms with E-state index in [1.165, 1.54) is 0 Å². The van der Waals surface area contributed by atoms with Gasteiger partial charge in [-0.15, -0.1) is 0 Å². The Balaban J connectivity index is 2.16. The van der Waals surface area contributed by atoms with Crippen LogP contribution in [0.3, 0.4) is 0 Å². The van der Waals surface area contributed by atoms with Crippen LogP contribution in [0.5, 0.6) is 5.75 Å². The van der Waals surface area contributed by atoms with Crippen LogP contribution in [-0.2, 0) is 9.63 Å². The summed E-state index contributed by atoms with van der Waals surface area (Å²) in [4.78, 5) is 15.1. The first-order chi connectivity index (χ1) is 8.59. The Morgan fingerprint density at radius 2 is 2.00 bits per heavy atom. The average molecular weight is 253 g/mol. The van der Waals surface area contributed by atoms with Crippen LogP contribution in [0.2, 0.25) is 0 Å². The van der Waals surface area contributed by atoms with E-state index in [2.05, 4.69) is 12.1 Å². The van der Waals surface area contributed by atoms with Crippen molar-refractivity contribution in [2.24, 2.45) is 0 Å². The molecule has 1 atom stereocenters. The van der Waals surface area contributed by atoms with Gasteiger partial charge in [0.15, 0.2) is 0 Å². The minimum absolute atomic E-state index is 0.0469. The molecular formula is C12H15NO5. The van der Waals surface area contributed by atoms with Gasteiger partial charge < -0.3 is 14.9 Å². The number of hydrogen-bond donors (Lipinski definition) is 3. The lowest BCUT2D eigenvalue weighted by Crippen LogP contribution is -2.29. The molecule has 0 saturated carbocycles. The molecule has 1 aromatic rings. The number of rotatable bonds is 8. The highest BCUT2D eigenvalue weighted by molar-refractivity contribution is 5.84. The number of aliphatic hydroxyl groups excluding tert-OH is 1. The number of carboxylic acid groups (broad SMARTS) is 1. The molecule has 0 aliphatic rings. The second-order valence-corrected chi connectivity index (χ2v) is 3.47. The normalized spacial score (nSPS) is 11.6. The van der Waals surface area contributed by atoms with Gasteiger partial charge in [-0.3, -0.25) is 10.3 Å². The molecule has 98 valence electrons. The quantitative estimate of drug-likeness (QED) is 0.463. The summed E-state index contributed by atoms with van der Waals surface area (Å²) in [6.45, 7) is 3.13. The van der Waals surface area contributed by atoms with Crippen molar-refractivity contribution in [3.05, 3.63) is 42.6 Å². The zero-order chi connectivity index (χ0) is 13.4. The zero-order valence-corrected chi connectivity index (χ0v) is 9.70. The van der Waals surface area contributed by atoms with Gasteiger partial charge in [0.1, 0.15) is 30.8 Å². The van der Waals surface area contributed by atoms with Crippen LogP contribution in [-0.4, -0.2) is 35.5 Å². The fraction of sp³-hybridized carbons (Fsp3) is 0.250. The van der Waals surface area contributed by atoms with Crippen molar-refractivity contribution in [2.45, 2.75) is 6.10 Å². The first kappa shape index (κ1) is 14.0. The van der Waals surface area contributed by atoms with Gasteiger partial charge in [-0.05, 0) is 12.1 Å². The summed E-state index contributed by atoms with van der Waals surface area (Å²) in [5.74, 6) is -0.579. The van der Waals surface area contributed by atoms with E-state index in [1.807, 2.05) is 18.2 Å². The lowest BCUT2D eigenvalue weighted by Gasteiger charge is -2.13. The van der Waals surface area contributed by atoms with Crippen molar-refractivity contribution in [1.29, 1.82) is 0 Å². The highest BCUT2D eigenvalue weighted by atomic mass is 16.7. The Kier molecular flexibility index (Phi) is 5.69. The van der Waals surface area contributed by atoms with Crippen molar-refractivity contribution in [3.63, 3.8) is 0 Å². The lowest BCUT2D eigenvalue weighted by molar-refractivity contribution is -0.135. The van der Waals surface area contributed by atoms with E-state index in [1.54, 1.807) is 12.1 Å². The predicted molar refractivity (Wildman–Crippen MR) is 63.8 cm³/mol. The number of para-hydroxylation sites is 1. The van der Waals surface area contributed by atoms with Crippen molar-refractivity contribution in [1.82, 2.24) is 5.48 Å². The molecule has 0 fully saturated rings. The van der Waals surface area contributed by atoms with Gasteiger partial charge in [0.05, 0.1) is 0 Å². The minimum atomic E-state index is -1.22. The van der Waals surface area contributed by atoms with Gasteiger partial charge in [0, 0.05) is 0 Å². The largest absolute Gasteiger partial charge is 0.491 e. The summed E-state index contributed by atoms with van der Waals surface area (Å²) >= 11 is 0. The summed E-state index contributed by atoms with van der Waals surface area (Å²) in [6.07, 6.45) is -0.876. The van der Waals surface area contributed by atoms with Gasteiger partial charge in [0.25, 0.3) is 0 Å². The molecule has 0 spiro atoms. The van der Waals surface area contributed by atoms with E-state index in [0.29, 0.717) is 5.75 Å². The van der Waals surface area contributed by atoms with Crippen molar-refractivity contribution < 1.29 is 24.6 Å². The molecule has 0 heterocycles. The number of aliphatic hydroxyl groups is 1. The van der Waals surface area contributed by atoms with Gasteiger partial charge in [-0.1, -0.05) is 24.8 Å². The zero-order valence-electron chi connectivity index (χ0n) is 9.70. The topological polar surface area (TPSA) is 88.0 Å². The Bertz CT molecular complexity index is 393. The highest BCUT2D eigenvalue weighted by Gasteiger charge is 2.08. The van der Waals surface area contributed by atoms with Crippen LogP contribution in [0.4, 0.5) is 0 Å². The van der Waals surface area contributed by atoms with Gasteiger partial charge >= 0.3 is 5.97 Å². The van der Waals surface area contributed by atoms with Gasteiger partial charge in [0.2, 0.25) is 0 Å². The third-order valence-electron chi connectivity index (χ3n) is 1.91. The number of carbonyl (C=O) groups is 1. The third-order valence-corrected chi connectivity index (χ3v) is 1.91. The number of hydrogen-bond acceptors (Lipinski definition) is 5. The third kappa shape index (κ3) is 5.33. The molecule has 0 aromatic heterocycles. The van der Waals surface area contributed by atoms with Crippen molar-refractivity contribution in [2.75, 3.05) is 13.2 Å². The molecular weight excluding hydrogens is 238 g/mol. The lowest BCUT2D eigenvalue weighted by atomic mass is 10.3. The van der Waals surface area contributed by atoms with Crippen molar-refractivity contribution in [3.8, 4) is 5.75 Å². The number of aliphatic carboxylic acids is 1. The molecule has 0 amide bonds. The SMILES string of the molecule is C=C(NOCC(O)COc1ccccc1)C(=O)O. The number of nitrogens with one attached hydrogen (secondary N) is 1. The highest BCUT2D eigenvalue weighted by Crippen LogP contribution is 2.08. The molecule has 0 radical (unpaired) electrons. The summed E-state index contributed by atoms with van der Waals surface area (Å²) in [5.41, 5.74) is 1.80. The summed E-state index contributed by atoms with van der Waals surface area (Å²) < 4.78 is 5.28. The Labute approximate surface area is 104 Å². The van der Waals surface area contributed by atoms with Crippen molar-refractivity contribution >= 4 is 5.97 Å². The molecule has 0 saturated heterocycles. The van der Waals surface area contributed by atoms with Crippen LogP contribution < -0.4 is 10.2 Å². The molecule has 6 nitrogen and oxygen atoms in total. The van der Waals surface area contributed by atoms with Crippen LogP contribution in [0.1, 0.15) is 0 Å². The molecule has 0 bridgehead atoms. The number of benzene rings is 1. The average Bonchev–Trinajstić information content (AvgIpc) is 2.37. The number of hydroxylamine groups is 1. The molecule has 1 unspecified atom stereocenters. The molecule has 0 aliphatic carbocycles. The monoisotopic (exact) mass is 253 g/mol. The fourth-order valence-electron chi connectivity index (χ4n) is 1.03. The Morgan fingerprint density at radius 1 is 1.33 bits per heavy atom. The smallest absolute Gasteiger partial charge is 0.353 e. The first-order valence-electron chi connectivity index (χ1n) is 5.25. The van der Waals surface area contributed by atoms with E-state index in [0.717, 1.165) is 0 Å². The van der Waals surface area contributed by atoms with E-state index < -0.39 is 12.1 Å². The minimum Gasteiger partial charge on any atom is -0.491 e. The first-order valence-corrected chi connectivity index (χ1v) is 5.25. The molecule has 1 aromatic carbocycles. The molecule has 0 aliphatic heterocycles. The summed E-state index contributed by atoms with van der Waals surface area (Å²) in [7, 11) is 0. The fourth-order valence-corrected chi connectivity index (χ4v) is 1.03. The maximum Gasteiger partial charge on any atom is 0.353 e. The van der Waals surface area contributed by atoms with E-state index in [9.17, 15) is 9.90 Å². The van der Waals surface area contributed by atoms with E-state index in [4.69, 9.17) is 14.7 Å². The van der Waals surface area contributed by atoms with Crippen LogP contribution >= 0.6 is 0 Å². The van der Waals surface area contributed by atoms with Gasteiger partial charge in [-0.25, -0.2) is 4.79 Å². The summed E-state index contributed by atoms with van der Waals surface area (Å²) in [5, 5.41) is 18.0. The maximum atomic E-state index is 10.4. The second-order valence-electron chi connectivity index (χ2n) is 3.47. The van der Waals surface area contributed by atoms with Crippen LogP contribution in [0, 0.1) is 0 Å². The Morgan fingerprint density at radius 3 is 2.61 bits per heavy atom.